The van der Waals surface area contributed by atoms with Crippen LogP contribution in [0.15, 0.2) is 54.6 Å². The highest BCUT2D eigenvalue weighted by molar-refractivity contribution is 6.08. The van der Waals surface area contributed by atoms with Gasteiger partial charge in [-0.1, -0.05) is 12.1 Å². The zero-order valence-electron chi connectivity index (χ0n) is 12.5. The van der Waals surface area contributed by atoms with E-state index in [0.29, 0.717) is 11.3 Å². The number of amides is 1. The maximum Gasteiger partial charge on any atom is 0.255 e. The summed E-state index contributed by atoms with van der Waals surface area (Å²) in [4.78, 5) is 16.9. The van der Waals surface area contributed by atoms with Gasteiger partial charge >= 0.3 is 0 Å². The minimum atomic E-state index is -0.174. The van der Waals surface area contributed by atoms with Crippen molar-refractivity contribution < 1.29 is 9.53 Å². The van der Waals surface area contributed by atoms with E-state index in [0.717, 1.165) is 22.3 Å². The van der Waals surface area contributed by atoms with Crippen molar-refractivity contribution in [2.45, 2.75) is 6.92 Å². The summed E-state index contributed by atoms with van der Waals surface area (Å²) in [6.45, 7) is 1.95. The Labute approximate surface area is 128 Å². The van der Waals surface area contributed by atoms with Gasteiger partial charge in [-0.3, -0.25) is 9.78 Å². The van der Waals surface area contributed by atoms with Crippen LogP contribution in [-0.4, -0.2) is 18.0 Å². The van der Waals surface area contributed by atoms with Gasteiger partial charge in [0, 0.05) is 16.6 Å². The molecule has 22 heavy (non-hydrogen) atoms. The number of hydrogen-bond donors (Lipinski definition) is 1. The summed E-state index contributed by atoms with van der Waals surface area (Å²) in [5.41, 5.74) is 3.11. The molecule has 0 bridgehead atoms. The summed E-state index contributed by atoms with van der Waals surface area (Å²) < 4.78 is 5.15. The molecule has 3 aromatic rings. The van der Waals surface area contributed by atoms with Crippen LogP contribution in [0.3, 0.4) is 0 Å². The van der Waals surface area contributed by atoms with Crippen LogP contribution in [0.4, 0.5) is 5.69 Å². The number of hydrogen-bond acceptors (Lipinski definition) is 3. The average molecular weight is 292 g/mol. The minimum absolute atomic E-state index is 0.174. The molecule has 0 saturated heterocycles. The number of benzene rings is 2. The van der Waals surface area contributed by atoms with Gasteiger partial charge in [0.15, 0.2) is 0 Å². The standard InChI is InChI=1S/C18H16N2O2/c1-12-9-10-15-16(19-12)7-4-8-17(15)20-18(21)13-5-3-6-14(11-13)22-2/h3-11H,1-2H3,(H,20,21). The Kier molecular flexibility index (Phi) is 3.74. The van der Waals surface area contributed by atoms with Gasteiger partial charge in [0.25, 0.3) is 5.91 Å². The van der Waals surface area contributed by atoms with Gasteiger partial charge in [-0.15, -0.1) is 0 Å². The van der Waals surface area contributed by atoms with Gasteiger partial charge in [-0.05, 0) is 49.4 Å². The number of rotatable bonds is 3. The SMILES string of the molecule is COc1cccc(C(=O)Nc2cccc3nc(C)ccc23)c1. The average Bonchev–Trinajstić information content (AvgIpc) is 2.54. The van der Waals surface area contributed by atoms with Crippen LogP contribution in [-0.2, 0) is 0 Å². The number of fused-ring (bicyclic) bond motifs is 1. The van der Waals surface area contributed by atoms with Crippen LogP contribution in [0.1, 0.15) is 16.1 Å². The Hall–Kier alpha value is -2.88. The summed E-state index contributed by atoms with van der Waals surface area (Å²) in [7, 11) is 1.58. The number of carbonyl (C=O) groups excluding carboxylic acids is 1. The second-order valence-corrected chi connectivity index (χ2v) is 5.01. The van der Waals surface area contributed by atoms with Crippen LogP contribution >= 0.6 is 0 Å². The van der Waals surface area contributed by atoms with Gasteiger partial charge in [0.2, 0.25) is 0 Å². The first-order valence-electron chi connectivity index (χ1n) is 6.99. The first-order valence-corrected chi connectivity index (χ1v) is 6.99. The maximum atomic E-state index is 12.4. The highest BCUT2D eigenvalue weighted by atomic mass is 16.5. The van der Waals surface area contributed by atoms with Gasteiger partial charge < -0.3 is 10.1 Å². The fourth-order valence-corrected chi connectivity index (χ4v) is 2.32. The van der Waals surface area contributed by atoms with Gasteiger partial charge in [0.05, 0.1) is 18.3 Å². The summed E-state index contributed by atoms with van der Waals surface area (Å²) in [5.74, 6) is 0.481. The van der Waals surface area contributed by atoms with E-state index < -0.39 is 0 Å². The fourth-order valence-electron chi connectivity index (χ4n) is 2.32. The Morgan fingerprint density at radius 1 is 1.09 bits per heavy atom. The fraction of sp³-hybridized carbons (Fsp3) is 0.111. The summed E-state index contributed by atoms with van der Waals surface area (Å²) >= 11 is 0. The molecule has 110 valence electrons. The predicted molar refractivity (Wildman–Crippen MR) is 87.4 cm³/mol. The number of methoxy groups -OCH3 is 1. The third-order valence-electron chi connectivity index (χ3n) is 3.45. The lowest BCUT2D eigenvalue weighted by Gasteiger charge is -2.09. The highest BCUT2D eigenvalue weighted by Crippen LogP contribution is 2.23. The molecule has 4 nitrogen and oxygen atoms in total. The lowest BCUT2D eigenvalue weighted by Crippen LogP contribution is -2.12. The van der Waals surface area contributed by atoms with Crippen molar-refractivity contribution in [3.05, 3.63) is 65.9 Å². The molecule has 0 fully saturated rings. The van der Waals surface area contributed by atoms with Crippen molar-refractivity contribution in [1.82, 2.24) is 4.98 Å². The molecular formula is C18H16N2O2. The van der Waals surface area contributed by atoms with Crippen molar-refractivity contribution >= 4 is 22.5 Å². The zero-order chi connectivity index (χ0) is 15.5. The maximum absolute atomic E-state index is 12.4. The van der Waals surface area contributed by atoms with Gasteiger partial charge in [0.1, 0.15) is 5.75 Å². The Bertz CT molecular complexity index is 843. The Morgan fingerprint density at radius 3 is 2.73 bits per heavy atom. The van der Waals surface area contributed by atoms with Crippen LogP contribution < -0.4 is 10.1 Å². The zero-order valence-corrected chi connectivity index (χ0v) is 12.5. The third kappa shape index (κ3) is 2.76. The molecule has 0 aliphatic carbocycles. The predicted octanol–water partition coefficient (Wildman–Crippen LogP) is 3.80. The second-order valence-electron chi connectivity index (χ2n) is 5.01. The monoisotopic (exact) mass is 292 g/mol. The lowest BCUT2D eigenvalue weighted by atomic mass is 10.1. The Morgan fingerprint density at radius 2 is 1.91 bits per heavy atom. The van der Waals surface area contributed by atoms with E-state index in [9.17, 15) is 4.79 Å². The van der Waals surface area contributed by atoms with E-state index in [4.69, 9.17) is 4.74 Å². The quantitative estimate of drug-likeness (QED) is 0.798. The number of nitrogens with one attached hydrogen (secondary N) is 1. The Balaban J connectivity index is 1.94. The van der Waals surface area contributed by atoms with E-state index >= 15 is 0 Å². The molecule has 0 saturated carbocycles. The number of carbonyl (C=O) groups is 1. The summed E-state index contributed by atoms with van der Waals surface area (Å²) in [6, 6.07) is 16.7. The molecule has 1 aromatic heterocycles. The van der Waals surface area contributed by atoms with E-state index in [1.807, 2.05) is 37.3 Å². The molecular weight excluding hydrogens is 276 g/mol. The molecule has 0 unspecified atom stereocenters. The van der Waals surface area contributed by atoms with Crippen molar-refractivity contribution in [2.75, 3.05) is 12.4 Å². The van der Waals surface area contributed by atoms with Crippen molar-refractivity contribution in [2.24, 2.45) is 0 Å². The van der Waals surface area contributed by atoms with Gasteiger partial charge in [-0.2, -0.15) is 0 Å². The van der Waals surface area contributed by atoms with E-state index in [1.165, 1.54) is 0 Å². The van der Waals surface area contributed by atoms with Gasteiger partial charge in [-0.25, -0.2) is 0 Å². The number of aryl methyl sites for hydroxylation is 1. The third-order valence-corrected chi connectivity index (χ3v) is 3.45. The molecule has 1 heterocycles. The summed E-state index contributed by atoms with van der Waals surface area (Å²) in [6.07, 6.45) is 0. The molecule has 0 radical (unpaired) electrons. The van der Waals surface area contributed by atoms with Crippen molar-refractivity contribution in [3.8, 4) is 5.75 Å². The second kappa shape index (κ2) is 5.85. The number of pyridine rings is 1. The lowest BCUT2D eigenvalue weighted by molar-refractivity contribution is 0.102. The molecule has 0 aliphatic heterocycles. The molecule has 4 heteroatoms. The summed E-state index contributed by atoms with van der Waals surface area (Å²) in [5, 5.41) is 3.86. The molecule has 3 rings (SSSR count). The molecule has 2 aromatic carbocycles. The normalized spacial score (nSPS) is 10.5. The van der Waals surface area contributed by atoms with Crippen LogP contribution in [0.5, 0.6) is 5.75 Å². The molecule has 1 amide bonds. The molecule has 0 spiro atoms. The van der Waals surface area contributed by atoms with Crippen LogP contribution in [0.2, 0.25) is 0 Å². The number of ether oxygens (including phenoxy) is 1. The van der Waals surface area contributed by atoms with Crippen molar-refractivity contribution in [3.63, 3.8) is 0 Å². The first-order chi connectivity index (χ1) is 10.7. The number of aromatic nitrogens is 1. The smallest absolute Gasteiger partial charge is 0.255 e. The first kappa shape index (κ1) is 14.1. The minimum Gasteiger partial charge on any atom is -0.497 e. The topological polar surface area (TPSA) is 51.2 Å². The molecule has 0 aliphatic rings. The number of anilines is 1. The van der Waals surface area contributed by atoms with Crippen molar-refractivity contribution in [1.29, 1.82) is 0 Å². The number of nitrogens with zero attached hydrogens (tertiary/aromatic N) is 1. The molecule has 0 atom stereocenters. The van der Waals surface area contributed by atoms with E-state index in [2.05, 4.69) is 10.3 Å². The van der Waals surface area contributed by atoms with Crippen LogP contribution in [0, 0.1) is 6.92 Å². The van der Waals surface area contributed by atoms with E-state index in [1.54, 1.807) is 31.4 Å². The van der Waals surface area contributed by atoms with E-state index in [-0.39, 0.29) is 5.91 Å². The van der Waals surface area contributed by atoms with Crippen LogP contribution in [0.25, 0.3) is 10.9 Å². The highest BCUT2D eigenvalue weighted by Gasteiger charge is 2.09. The molecule has 1 N–H and O–H groups in total. The largest absolute Gasteiger partial charge is 0.497 e.